The van der Waals surface area contributed by atoms with Crippen molar-refractivity contribution in [2.24, 2.45) is 11.8 Å². The third-order valence-electron chi connectivity index (χ3n) is 2.65. The smallest absolute Gasteiger partial charge is 0.335 e. The normalized spacial score (nSPS) is 25.2. The van der Waals surface area contributed by atoms with E-state index in [1.165, 1.54) is 25.7 Å². The van der Waals surface area contributed by atoms with Crippen molar-refractivity contribution in [1.29, 1.82) is 0 Å². The van der Waals surface area contributed by atoms with Gasteiger partial charge in [0.05, 0.1) is 0 Å². The van der Waals surface area contributed by atoms with Crippen LogP contribution in [0.3, 0.4) is 0 Å². The summed E-state index contributed by atoms with van der Waals surface area (Å²) in [5.41, 5.74) is 0. The first-order chi connectivity index (χ1) is 5.36. The SMILES string of the molecule is C[CH-]C.[CH-]1CC2CCC(C1)C2.[W+2].[W].[W].[W]. The van der Waals surface area contributed by atoms with Gasteiger partial charge in [0.1, 0.15) is 0 Å². The number of fused-ring (bicyclic) bond motifs is 2. The second-order valence-corrected chi connectivity index (χ2v) is 3.88. The van der Waals surface area contributed by atoms with E-state index in [0.717, 1.165) is 11.8 Å². The Morgan fingerprint density at radius 2 is 1.27 bits per heavy atom. The molecule has 2 atom stereocenters. The van der Waals surface area contributed by atoms with Gasteiger partial charge in [-0.25, -0.2) is 0 Å². The summed E-state index contributed by atoms with van der Waals surface area (Å²) in [6.07, 6.45) is 12.0. The quantitative estimate of drug-likeness (QED) is 0.327. The average Bonchev–Trinajstić information content (AvgIpc) is 2.33. The molecule has 0 aromatic rings. The number of hydrogen-bond acceptors (Lipinski definition) is 0. The summed E-state index contributed by atoms with van der Waals surface area (Å²) < 4.78 is 0. The molecule has 2 saturated carbocycles. The Bertz CT molecular complexity index is 94.8. The van der Waals surface area contributed by atoms with Crippen LogP contribution < -0.4 is 0 Å². The third-order valence-corrected chi connectivity index (χ3v) is 2.65. The van der Waals surface area contributed by atoms with Crippen LogP contribution in [0, 0.1) is 24.7 Å². The molecule has 2 aliphatic carbocycles. The van der Waals surface area contributed by atoms with Crippen molar-refractivity contribution in [1.82, 2.24) is 0 Å². The zero-order chi connectivity index (χ0) is 8.10. The van der Waals surface area contributed by atoms with Gasteiger partial charge in [0.25, 0.3) is 0 Å². The van der Waals surface area contributed by atoms with Crippen molar-refractivity contribution in [2.45, 2.75) is 46.0 Å². The summed E-state index contributed by atoms with van der Waals surface area (Å²) in [7, 11) is 0. The summed E-state index contributed by atoms with van der Waals surface area (Å²) >= 11 is 0. The van der Waals surface area contributed by atoms with Crippen LogP contribution in [0.1, 0.15) is 46.0 Å². The fraction of sp³-hybridized carbons (Fsp3) is 0.818. The van der Waals surface area contributed by atoms with E-state index in [2.05, 4.69) is 6.42 Å². The molecule has 0 heterocycles. The summed E-state index contributed by atoms with van der Waals surface area (Å²) in [6.45, 7) is 4.00. The zero-order valence-electron chi connectivity index (χ0n) is 9.48. The number of hydrogen-bond donors (Lipinski definition) is 0. The van der Waals surface area contributed by atoms with E-state index in [9.17, 15) is 0 Å². The second kappa shape index (κ2) is 16.8. The van der Waals surface area contributed by atoms with E-state index in [1.807, 2.05) is 20.3 Å². The standard InChI is InChI=1S/C8H13.C3H7.4W/c1-2-7-4-5-8(3-1)6-7;1-3-2;;;;/h1,7-8H,2-6H2;3H,1-2H3;;;;/q2*-1;;;;+2. The molecule has 15 heavy (non-hydrogen) atoms. The first kappa shape index (κ1) is 26.3. The van der Waals surface area contributed by atoms with Crippen molar-refractivity contribution in [3.8, 4) is 0 Å². The Morgan fingerprint density at radius 3 is 1.53 bits per heavy atom. The second-order valence-electron chi connectivity index (χ2n) is 3.88. The third kappa shape index (κ3) is 11.6. The van der Waals surface area contributed by atoms with Crippen LogP contribution in [0.2, 0.25) is 0 Å². The van der Waals surface area contributed by atoms with E-state index in [0.29, 0.717) is 0 Å². The molecule has 0 aromatic heterocycles. The van der Waals surface area contributed by atoms with Gasteiger partial charge in [0.15, 0.2) is 0 Å². The van der Waals surface area contributed by atoms with Crippen molar-refractivity contribution >= 4 is 0 Å². The maximum Gasteiger partial charge on any atom is 2.00 e. The largest absolute Gasteiger partial charge is 2.00 e. The first-order valence-electron chi connectivity index (χ1n) is 4.92. The van der Waals surface area contributed by atoms with Crippen LogP contribution in [0.25, 0.3) is 0 Å². The van der Waals surface area contributed by atoms with Gasteiger partial charge in [-0.15, -0.1) is 0 Å². The maximum atomic E-state index is 2.49. The topological polar surface area (TPSA) is 0 Å². The van der Waals surface area contributed by atoms with E-state index < -0.39 is 0 Å². The van der Waals surface area contributed by atoms with E-state index in [1.54, 1.807) is 6.42 Å². The Balaban J connectivity index is -0.0000000799. The molecule has 2 unspecified atom stereocenters. The van der Waals surface area contributed by atoms with E-state index in [-0.39, 0.29) is 84.3 Å². The van der Waals surface area contributed by atoms with E-state index in [4.69, 9.17) is 0 Å². The molecule has 88 valence electrons. The van der Waals surface area contributed by atoms with Gasteiger partial charge < -0.3 is 12.8 Å². The predicted octanol–water partition coefficient (Wildman–Crippen LogP) is 3.62. The maximum absolute atomic E-state index is 2.49. The van der Waals surface area contributed by atoms with Crippen molar-refractivity contribution in [3.63, 3.8) is 0 Å². The fourth-order valence-electron chi connectivity index (χ4n) is 2.17. The first-order valence-corrected chi connectivity index (χ1v) is 4.92. The molecule has 0 N–H and O–H groups in total. The van der Waals surface area contributed by atoms with Crippen LogP contribution in [0.15, 0.2) is 0 Å². The van der Waals surface area contributed by atoms with Crippen LogP contribution >= 0.6 is 0 Å². The number of rotatable bonds is 0. The molecule has 0 amide bonds. The molecule has 0 nitrogen and oxygen atoms in total. The summed E-state index contributed by atoms with van der Waals surface area (Å²) in [4.78, 5) is 0. The van der Waals surface area contributed by atoms with Gasteiger partial charge >= 0.3 is 21.1 Å². The minimum Gasteiger partial charge on any atom is -0.335 e. The van der Waals surface area contributed by atoms with Crippen molar-refractivity contribution in [3.05, 3.63) is 12.8 Å². The van der Waals surface area contributed by atoms with E-state index >= 15 is 0 Å². The molecule has 2 aliphatic rings. The molecule has 4 heteroatoms. The van der Waals surface area contributed by atoms with Gasteiger partial charge in [-0.05, 0) is 0 Å². The van der Waals surface area contributed by atoms with Crippen molar-refractivity contribution in [2.75, 3.05) is 0 Å². The fourth-order valence-corrected chi connectivity index (χ4v) is 2.17. The minimum atomic E-state index is 0. The molecular weight excluding hydrogens is 867 g/mol. The summed E-state index contributed by atoms with van der Waals surface area (Å²) in [5.74, 6) is 2.21. The van der Waals surface area contributed by atoms with Gasteiger partial charge in [0, 0.05) is 63.2 Å². The Morgan fingerprint density at radius 1 is 0.933 bits per heavy atom. The molecule has 2 bridgehead atoms. The Labute approximate surface area is 153 Å². The Hall–Kier alpha value is 2.75. The predicted molar refractivity (Wildman–Crippen MR) is 50.0 cm³/mol. The summed E-state index contributed by atoms with van der Waals surface area (Å²) in [5, 5.41) is 0. The van der Waals surface area contributed by atoms with Crippen LogP contribution in [0.5, 0.6) is 0 Å². The van der Waals surface area contributed by atoms with Gasteiger partial charge in [0.2, 0.25) is 0 Å². The van der Waals surface area contributed by atoms with Crippen LogP contribution in [0.4, 0.5) is 0 Å². The molecule has 0 spiro atoms. The molecule has 0 aromatic carbocycles. The van der Waals surface area contributed by atoms with Gasteiger partial charge in [-0.3, -0.25) is 0 Å². The van der Waals surface area contributed by atoms with Crippen LogP contribution in [-0.2, 0) is 84.3 Å². The molecule has 0 aliphatic heterocycles. The molecule has 0 saturated heterocycles. The molecule has 0 radical (unpaired) electrons. The van der Waals surface area contributed by atoms with Crippen molar-refractivity contribution < 1.29 is 84.3 Å². The van der Waals surface area contributed by atoms with Crippen LogP contribution in [-0.4, -0.2) is 0 Å². The summed E-state index contributed by atoms with van der Waals surface area (Å²) in [6, 6.07) is 0. The molecule has 2 rings (SSSR count). The van der Waals surface area contributed by atoms with Gasteiger partial charge in [-0.1, -0.05) is 31.1 Å². The minimum absolute atomic E-state index is 0. The Kier molecular flexibility index (Phi) is 29.4. The monoisotopic (exact) mass is 888 g/mol. The molecular formula is C11H20W4. The average molecular weight is 888 g/mol. The molecule has 2 fully saturated rings. The van der Waals surface area contributed by atoms with Gasteiger partial charge in [-0.2, -0.15) is 26.7 Å². The zero-order valence-corrected chi connectivity index (χ0v) is 21.2.